The van der Waals surface area contributed by atoms with Crippen LogP contribution < -0.4 is 20.1 Å². The van der Waals surface area contributed by atoms with Crippen LogP contribution in [0.3, 0.4) is 0 Å². The fraction of sp³-hybridized carbons (Fsp3) is 0.292. The smallest absolute Gasteiger partial charge is 0.352 e. The van der Waals surface area contributed by atoms with Crippen LogP contribution in [-0.2, 0) is 13.2 Å². The van der Waals surface area contributed by atoms with E-state index in [1.165, 1.54) is 18.6 Å². The van der Waals surface area contributed by atoms with Gasteiger partial charge in [0.05, 0.1) is 10.6 Å². The second-order valence-electron chi connectivity index (χ2n) is 8.10. The largest absolute Gasteiger partial charge is 0.473 e. The average molecular weight is 467 g/mol. The van der Waals surface area contributed by atoms with Gasteiger partial charge in [-0.25, -0.2) is 9.18 Å². The summed E-state index contributed by atoms with van der Waals surface area (Å²) in [6.45, 7) is 1.73. The zero-order valence-electron chi connectivity index (χ0n) is 17.6. The number of nitriles is 1. The number of piperidine rings is 1. The topological polar surface area (TPSA) is 80.4 Å². The molecule has 1 atom stereocenters. The maximum atomic E-state index is 13.7. The van der Waals surface area contributed by atoms with E-state index < -0.39 is 5.82 Å². The summed E-state index contributed by atoms with van der Waals surface area (Å²) in [6.07, 6.45) is 3.36. The third-order valence-electron chi connectivity index (χ3n) is 5.95. The first-order chi connectivity index (χ1) is 16.0. The first kappa shape index (κ1) is 21.3. The van der Waals surface area contributed by atoms with Gasteiger partial charge < -0.3 is 14.4 Å². The Bertz CT molecular complexity index is 1320. The van der Waals surface area contributed by atoms with Crippen molar-refractivity contribution < 1.29 is 13.9 Å². The molecule has 2 aliphatic rings. The lowest BCUT2D eigenvalue weighted by atomic mass is 10.0. The van der Waals surface area contributed by atoms with E-state index in [1.54, 1.807) is 22.8 Å². The van der Waals surface area contributed by atoms with Gasteiger partial charge in [0.25, 0.3) is 0 Å². The number of nitrogens with zero attached hydrogens (tertiary/aromatic N) is 4. The van der Waals surface area contributed by atoms with E-state index >= 15 is 0 Å². The average Bonchev–Trinajstić information content (AvgIpc) is 3.20. The number of halogens is 2. The zero-order chi connectivity index (χ0) is 22.9. The number of rotatable bonds is 5. The third kappa shape index (κ3) is 4.24. The molecule has 3 heterocycles. The first-order valence-electron chi connectivity index (χ1n) is 10.7. The minimum absolute atomic E-state index is 0.00837. The van der Waals surface area contributed by atoms with Gasteiger partial charge in [0, 0.05) is 31.3 Å². The van der Waals surface area contributed by atoms with Crippen LogP contribution in [0.15, 0.2) is 47.3 Å². The van der Waals surface area contributed by atoms with Crippen LogP contribution in [0.1, 0.15) is 30.4 Å². The fourth-order valence-corrected chi connectivity index (χ4v) is 4.44. The molecule has 0 N–H and O–H groups in total. The summed E-state index contributed by atoms with van der Waals surface area (Å²) >= 11 is 5.70. The fourth-order valence-electron chi connectivity index (χ4n) is 4.33. The molecule has 1 saturated heterocycles. The standard InChI is InChI=1S/C24H20ClFN4O3/c25-19-6-5-18(10-20(19)26)33-21-7-4-15(9-16(21)12-27)14-32-22-11-23-29-8-2-1-3-17(29)13-30(23)24(31)28-22/h4-7,9-11,17H,1-3,8,13-14H2. The Labute approximate surface area is 194 Å². The Kier molecular flexibility index (Phi) is 5.65. The molecule has 2 aliphatic heterocycles. The van der Waals surface area contributed by atoms with Crippen molar-refractivity contribution in [3.63, 3.8) is 0 Å². The van der Waals surface area contributed by atoms with E-state index in [9.17, 15) is 14.4 Å². The number of hydrogen-bond acceptors (Lipinski definition) is 6. The Morgan fingerprint density at radius 2 is 2.09 bits per heavy atom. The van der Waals surface area contributed by atoms with Gasteiger partial charge >= 0.3 is 5.69 Å². The lowest BCUT2D eigenvalue weighted by Crippen LogP contribution is -2.36. The molecule has 0 radical (unpaired) electrons. The molecule has 1 fully saturated rings. The molecule has 1 unspecified atom stereocenters. The minimum Gasteiger partial charge on any atom is -0.473 e. The first-order valence-corrected chi connectivity index (χ1v) is 11.1. The van der Waals surface area contributed by atoms with Crippen molar-refractivity contribution >= 4 is 17.4 Å². The van der Waals surface area contributed by atoms with Gasteiger partial charge in [-0.15, -0.1) is 0 Å². The van der Waals surface area contributed by atoms with Gasteiger partial charge in [-0.3, -0.25) is 4.57 Å². The lowest BCUT2D eigenvalue weighted by Gasteiger charge is -2.30. The summed E-state index contributed by atoms with van der Waals surface area (Å²) in [5.74, 6) is 1.02. The van der Waals surface area contributed by atoms with Crippen molar-refractivity contribution in [2.45, 2.75) is 38.5 Å². The molecule has 5 rings (SSSR count). The van der Waals surface area contributed by atoms with Crippen molar-refractivity contribution in [1.82, 2.24) is 9.55 Å². The van der Waals surface area contributed by atoms with Crippen LogP contribution in [0.4, 0.5) is 10.2 Å². The molecular weight excluding hydrogens is 447 g/mol. The molecule has 0 aliphatic carbocycles. The summed E-state index contributed by atoms with van der Waals surface area (Å²) in [6, 6.07) is 13.3. The van der Waals surface area contributed by atoms with Crippen LogP contribution >= 0.6 is 11.6 Å². The van der Waals surface area contributed by atoms with Crippen molar-refractivity contribution in [3.05, 3.63) is 74.9 Å². The highest BCUT2D eigenvalue weighted by Gasteiger charge is 2.32. The SMILES string of the molecule is N#Cc1cc(COc2cc3n(c(=O)n2)CC2CCCCN32)ccc1Oc1ccc(Cl)c(F)c1. The van der Waals surface area contributed by atoms with E-state index in [2.05, 4.69) is 16.0 Å². The number of anilines is 1. The van der Waals surface area contributed by atoms with Gasteiger partial charge in [-0.05, 0) is 49.1 Å². The molecule has 7 nitrogen and oxygen atoms in total. The number of ether oxygens (including phenoxy) is 2. The van der Waals surface area contributed by atoms with Gasteiger partial charge in [0.2, 0.25) is 5.88 Å². The van der Waals surface area contributed by atoms with E-state index in [4.69, 9.17) is 21.1 Å². The number of hydrogen-bond donors (Lipinski definition) is 0. The summed E-state index contributed by atoms with van der Waals surface area (Å²) < 4.78 is 26.8. The molecule has 168 valence electrons. The van der Waals surface area contributed by atoms with Crippen molar-refractivity contribution in [1.29, 1.82) is 5.26 Å². The normalized spacial score (nSPS) is 16.6. The van der Waals surface area contributed by atoms with Crippen molar-refractivity contribution in [2.24, 2.45) is 0 Å². The van der Waals surface area contributed by atoms with Crippen LogP contribution in [0.25, 0.3) is 0 Å². The van der Waals surface area contributed by atoms with Crippen LogP contribution in [0.2, 0.25) is 5.02 Å². The maximum Gasteiger partial charge on any atom is 0.352 e. The van der Waals surface area contributed by atoms with Crippen LogP contribution in [-0.4, -0.2) is 22.1 Å². The Hall–Kier alpha value is -3.57. The van der Waals surface area contributed by atoms with Crippen LogP contribution in [0, 0.1) is 17.1 Å². The quantitative estimate of drug-likeness (QED) is 0.544. The molecule has 33 heavy (non-hydrogen) atoms. The highest BCUT2D eigenvalue weighted by molar-refractivity contribution is 6.30. The Morgan fingerprint density at radius 3 is 2.91 bits per heavy atom. The Morgan fingerprint density at radius 1 is 1.21 bits per heavy atom. The van der Waals surface area contributed by atoms with Gasteiger partial charge in [0.15, 0.2) is 0 Å². The summed E-state index contributed by atoms with van der Waals surface area (Å²) in [5.41, 5.74) is 0.664. The van der Waals surface area contributed by atoms with E-state index in [0.29, 0.717) is 18.2 Å². The van der Waals surface area contributed by atoms with Gasteiger partial charge in [0.1, 0.15) is 35.8 Å². The number of aromatic nitrogens is 2. The molecule has 0 saturated carbocycles. The highest BCUT2D eigenvalue weighted by atomic mass is 35.5. The molecule has 0 bridgehead atoms. The second-order valence-corrected chi connectivity index (χ2v) is 8.50. The predicted octanol–water partition coefficient (Wildman–Crippen LogP) is 4.65. The molecule has 2 aromatic carbocycles. The van der Waals surface area contributed by atoms with Crippen LogP contribution in [0.5, 0.6) is 17.4 Å². The number of fused-ring (bicyclic) bond motifs is 3. The third-order valence-corrected chi connectivity index (χ3v) is 6.26. The molecule has 3 aromatic rings. The van der Waals surface area contributed by atoms with Crippen molar-refractivity contribution in [2.75, 3.05) is 11.4 Å². The van der Waals surface area contributed by atoms with E-state index in [0.717, 1.165) is 31.3 Å². The van der Waals surface area contributed by atoms with Gasteiger partial charge in [-0.1, -0.05) is 17.7 Å². The lowest BCUT2D eigenvalue weighted by molar-refractivity contribution is 0.291. The zero-order valence-corrected chi connectivity index (χ0v) is 18.4. The molecule has 9 heteroatoms. The van der Waals surface area contributed by atoms with Crippen molar-refractivity contribution in [3.8, 4) is 23.4 Å². The Balaban J connectivity index is 1.31. The monoisotopic (exact) mass is 466 g/mol. The highest BCUT2D eigenvalue weighted by Crippen LogP contribution is 2.32. The summed E-state index contributed by atoms with van der Waals surface area (Å²) in [4.78, 5) is 18.8. The molecule has 0 amide bonds. The summed E-state index contributed by atoms with van der Waals surface area (Å²) in [5, 5.41) is 9.52. The second kappa shape index (κ2) is 8.75. The molecule has 1 aromatic heterocycles. The maximum absolute atomic E-state index is 13.7. The van der Waals surface area contributed by atoms with E-state index in [1.807, 2.05) is 6.07 Å². The summed E-state index contributed by atoms with van der Waals surface area (Å²) in [7, 11) is 0. The van der Waals surface area contributed by atoms with E-state index in [-0.39, 0.29) is 40.3 Å². The number of benzene rings is 2. The molecule has 0 spiro atoms. The predicted molar refractivity (Wildman–Crippen MR) is 120 cm³/mol. The van der Waals surface area contributed by atoms with Gasteiger partial charge in [-0.2, -0.15) is 10.2 Å². The molecular formula is C24H20ClFN4O3. The minimum atomic E-state index is -0.605.